The Labute approximate surface area is 189 Å². The van der Waals surface area contributed by atoms with E-state index in [9.17, 15) is 14.7 Å². The number of imidazole rings is 1. The van der Waals surface area contributed by atoms with Gasteiger partial charge in [0.05, 0.1) is 12.4 Å². The molecule has 33 heavy (non-hydrogen) atoms. The summed E-state index contributed by atoms with van der Waals surface area (Å²) in [6.45, 7) is 5.39. The Bertz CT molecular complexity index is 1190. The van der Waals surface area contributed by atoms with Gasteiger partial charge < -0.3 is 25.1 Å². The maximum absolute atomic E-state index is 12.5. The predicted molar refractivity (Wildman–Crippen MR) is 118 cm³/mol. The molecule has 0 bridgehead atoms. The van der Waals surface area contributed by atoms with Crippen molar-refractivity contribution in [1.82, 2.24) is 19.5 Å². The van der Waals surface area contributed by atoms with Crippen molar-refractivity contribution in [1.29, 1.82) is 0 Å². The van der Waals surface area contributed by atoms with E-state index in [-0.39, 0.29) is 30.1 Å². The van der Waals surface area contributed by atoms with Crippen LogP contribution in [0.2, 0.25) is 0 Å². The van der Waals surface area contributed by atoms with Crippen molar-refractivity contribution < 1.29 is 24.1 Å². The van der Waals surface area contributed by atoms with Gasteiger partial charge >= 0.3 is 5.97 Å². The van der Waals surface area contributed by atoms with E-state index >= 15 is 0 Å². The number of fused-ring (bicyclic) bond motifs is 1. The molecule has 0 amide bonds. The number of H-pyrrole nitrogens is 1. The summed E-state index contributed by atoms with van der Waals surface area (Å²) in [5.74, 6) is -0.0796. The number of carbonyl (C=O) groups excluding carboxylic acids is 1. The van der Waals surface area contributed by atoms with Crippen LogP contribution in [-0.2, 0) is 14.3 Å². The average molecular weight is 457 g/mol. The second kappa shape index (κ2) is 8.83. The smallest absolute Gasteiger partial charge is 0.344 e. The van der Waals surface area contributed by atoms with E-state index in [0.29, 0.717) is 5.75 Å². The molecule has 2 aromatic heterocycles. The Morgan fingerprint density at radius 1 is 1.36 bits per heavy atom. The van der Waals surface area contributed by atoms with Crippen LogP contribution in [0.4, 0.5) is 5.95 Å². The minimum atomic E-state index is -0.932. The van der Waals surface area contributed by atoms with Crippen LogP contribution in [-0.4, -0.2) is 55.5 Å². The van der Waals surface area contributed by atoms with E-state index < -0.39 is 41.5 Å². The van der Waals surface area contributed by atoms with Gasteiger partial charge in [0.1, 0.15) is 24.2 Å². The number of esters is 1. The van der Waals surface area contributed by atoms with Gasteiger partial charge in [0.25, 0.3) is 5.56 Å². The lowest BCUT2D eigenvalue weighted by Gasteiger charge is -2.35. The van der Waals surface area contributed by atoms with E-state index in [4.69, 9.17) is 19.9 Å². The van der Waals surface area contributed by atoms with Crippen LogP contribution >= 0.6 is 0 Å². The van der Waals surface area contributed by atoms with E-state index in [0.717, 1.165) is 0 Å². The SMILES string of the molecule is CC(C)(C)C(OC(=O)COc1ccccc1)[C@H]1O[C@@H](n2cnc3c(=O)[nH]c(N)nc32)C[C@@H]1O. The maximum Gasteiger partial charge on any atom is 0.344 e. The van der Waals surface area contributed by atoms with Crippen molar-refractivity contribution >= 4 is 23.1 Å². The highest BCUT2D eigenvalue weighted by atomic mass is 16.6. The number of aliphatic hydroxyl groups excluding tert-OH is 1. The molecule has 0 aliphatic carbocycles. The quantitative estimate of drug-likeness (QED) is 0.466. The number of benzene rings is 1. The molecule has 0 radical (unpaired) electrons. The highest BCUT2D eigenvalue weighted by Gasteiger charge is 2.47. The first-order valence-electron chi connectivity index (χ1n) is 10.6. The Balaban J connectivity index is 1.51. The molecule has 1 unspecified atom stereocenters. The van der Waals surface area contributed by atoms with Crippen molar-refractivity contribution in [2.75, 3.05) is 12.3 Å². The van der Waals surface area contributed by atoms with Gasteiger partial charge in [0.2, 0.25) is 5.95 Å². The lowest BCUT2D eigenvalue weighted by atomic mass is 9.84. The molecule has 4 rings (SSSR count). The number of rotatable bonds is 6. The molecule has 11 nitrogen and oxygen atoms in total. The van der Waals surface area contributed by atoms with E-state index in [2.05, 4.69) is 15.0 Å². The summed E-state index contributed by atoms with van der Waals surface area (Å²) in [5, 5.41) is 10.8. The monoisotopic (exact) mass is 457 g/mol. The third-order valence-electron chi connectivity index (χ3n) is 5.41. The number of anilines is 1. The lowest BCUT2D eigenvalue weighted by Crippen LogP contribution is -2.46. The second-order valence-corrected chi connectivity index (χ2v) is 9.01. The van der Waals surface area contributed by atoms with E-state index in [1.807, 2.05) is 26.8 Å². The van der Waals surface area contributed by atoms with Crippen molar-refractivity contribution in [2.45, 2.75) is 51.7 Å². The minimum absolute atomic E-state index is 0.0516. The molecule has 1 aliphatic heterocycles. The number of aromatic amines is 1. The van der Waals surface area contributed by atoms with Gasteiger partial charge in [-0.3, -0.25) is 14.3 Å². The molecule has 1 fully saturated rings. The van der Waals surface area contributed by atoms with Crippen molar-refractivity contribution in [3.63, 3.8) is 0 Å². The number of nitrogen functional groups attached to an aromatic ring is 1. The molecule has 1 aromatic carbocycles. The molecular formula is C22H27N5O6. The summed E-state index contributed by atoms with van der Waals surface area (Å²) in [6.07, 6.45) is -1.58. The molecule has 0 spiro atoms. The number of nitrogens with zero attached hydrogens (tertiary/aromatic N) is 3. The summed E-state index contributed by atoms with van der Waals surface area (Å²) < 4.78 is 18.9. The first-order valence-corrected chi connectivity index (χ1v) is 10.6. The van der Waals surface area contributed by atoms with E-state index in [1.165, 1.54) is 6.33 Å². The summed E-state index contributed by atoms with van der Waals surface area (Å²) in [4.78, 5) is 35.2. The molecule has 1 saturated heterocycles. The summed E-state index contributed by atoms with van der Waals surface area (Å²) >= 11 is 0. The van der Waals surface area contributed by atoms with Crippen molar-refractivity contribution in [3.05, 3.63) is 47.0 Å². The lowest BCUT2D eigenvalue weighted by molar-refractivity contribution is -0.176. The normalized spacial score (nSPS) is 21.8. The number of hydrogen-bond acceptors (Lipinski definition) is 9. The van der Waals surface area contributed by atoms with Crippen molar-refractivity contribution in [2.24, 2.45) is 5.41 Å². The fourth-order valence-corrected chi connectivity index (χ4v) is 3.85. The zero-order chi connectivity index (χ0) is 23.8. The highest BCUT2D eigenvalue weighted by Crippen LogP contribution is 2.38. The Morgan fingerprint density at radius 2 is 2.09 bits per heavy atom. The molecule has 0 saturated carbocycles. The standard InChI is InChI=1S/C22H27N5O6/c1-22(2,3)18(33-15(29)10-31-12-7-5-4-6-8-12)17-13(28)9-14(32-17)27-11-24-16-19(27)25-21(23)26-20(16)30/h4-8,11,13-14,17-18,28H,9-10H2,1-3H3,(H3,23,25,26,30)/t13-,14+,17-,18?/m0/s1. The van der Waals surface area contributed by atoms with E-state index in [1.54, 1.807) is 28.8 Å². The summed E-state index contributed by atoms with van der Waals surface area (Å²) in [6, 6.07) is 8.93. The van der Waals surface area contributed by atoms with Gasteiger partial charge in [0.15, 0.2) is 17.8 Å². The second-order valence-electron chi connectivity index (χ2n) is 9.01. The molecule has 11 heteroatoms. The van der Waals surface area contributed by atoms with Gasteiger partial charge in [-0.25, -0.2) is 9.78 Å². The van der Waals surface area contributed by atoms with Crippen LogP contribution in [0.25, 0.3) is 11.2 Å². The zero-order valence-corrected chi connectivity index (χ0v) is 18.6. The average Bonchev–Trinajstić information content (AvgIpc) is 3.34. The number of para-hydroxylation sites is 1. The zero-order valence-electron chi connectivity index (χ0n) is 18.6. The van der Waals surface area contributed by atoms with Crippen LogP contribution in [0.15, 0.2) is 41.5 Å². The predicted octanol–water partition coefficient (Wildman–Crippen LogP) is 1.39. The summed E-state index contributed by atoms with van der Waals surface area (Å²) in [7, 11) is 0. The number of nitrogens with two attached hydrogens (primary N) is 1. The number of nitrogens with one attached hydrogen (secondary N) is 1. The van der Waals surface area contributed by atoms with Crippen LogP contribution < -0.4 is 16.0 Å². The highest BCUT2D eigenvalue weighted by molar-refractivity contribution is 5.71. The minimum Gasteiger partial charge on any atom is -0.482 e. The van der Waals surface area contributed by atoms with Crippen molar-refractivity contribution in [3.8, 4) is 5.75 Å². The largest absolute Gasteiger partial charge is 0.482 e. The molecule has 4 atom stereocenters. The maximum atomic E-state index is 12.5. The van der Waals surface area contributed by atoms with Gasteiger partial charge in [-0.2, -0.15) is 4.98 Å². The van der Waals surface area contributed by atoms with Crippen LogP contribution in [0.3, 0.4) is 0 Å². The molecular weight excluding hydrogens is 430 g/mol. The first kappa shape index (κ1) is 22.7. The fourth-order valence-electron chi connectivity index (χ4n) is 3.85. The number of aliphatic hydroxyl groups is 1. The van der Waals surface area contributed by atoms with Crippen LogP contribution in [0.1, 0.15) is 33.4 Å². The molecule has 1 aliphatic rings. The Kier molecular flexibility index (Phi) is 6.09. The Hall–Kier alpha value is -3.44. The van der Waals surface area contributed by atoms with Crippen LogP contribution in [0.5, 0.6) is 5.75 Å². The Morgan fingerprint density at radius 3 is 2.79 bits per heavy atom. The molecule has 176 valence electrons. The third kappa shape index (κ3) is 4.83. The molecule has 3 aromatic rings. The summed E-state index contributed by atoms with van der Waals surface area (Å²) in [5.41, 5.74) is 5.02. The number of aromatic nitrogens is 4. The molecule has 3 heterocycles. The topological polar surface area (TPSA) is 155 Å². The number of hydrogen-bond donors (Lipinski definition) is 3. The van der Waals surface area contributed by atoms with Crippen LogP contribution in [0, 0.1) is 5.41 Å². The number of carbonyl (C=O) groups is 1. The third-order valence-corrected chi connectivity index (χ3v) is 5.41. The van der Waals surface area contributed by atoms with Gasteiger partial charge in [-0.15, -0.1) is 0 Å². The van der Waals surface area contributed by atoms with Gasteiger partial charge in [-0.1, -0.05) is 39.0 Å². The fraction of sp³-hybridized carbons (Fsp3) is 0.455. The first-order chi connectivity index (χ1) is 15.6. The van der Waals surface area contributed by atoms with Gasteiger partial charge in [0, 0.05) is 11.8 Å². The molecule has 4 N–H and O–H groups in total. The number of ether oxygens (including phenoxy) is 3. The van der Waals surface area contributed by atoms with Gasteiger partial charge in [-0.05, 0) is 12.1 Å².